The Morgan fingerprint density at radius 1 is 1.06 bits per heavy atom. The Morgan fingerprint density at radius 2 is 1.71 bits per heavy atom. The van der Waals surface area contributed by atoms with Gasteiger partial charge in [0.25, 0.3) is 17.8 Å². The summed E-state index contributed by atoms with van der Waals surface area (Å²) >= 11 is 1.31. The molecule has 8 nitrogen and oxygen atoms in total. The van der Waals surface area contributed by atoms with Crippen molar-refractivity contribution in [2.45, 2.75) is 13.0 Å². The second-order valence-corrected chi connectivity index (χ2v) is 7.79. The van der Waals surface area contributed by atoms with Gasteiger partial charge in [-0.15, -0.1) is 16.4 Å². The second-order valence-electron chi connectivity index (χ2n) is 6.95. The van der Waals surface area contributed by atoms with Crippen molar-refractivity contribution < 1.29 is 18.8 Å². The molecule has 0 radical (unpaired) electrons. The third-order valence-corrected chi connectivity index (χ3v) is 5.86. The van der Waals surface area contributed by atoms with E-state index in [0.29, 0.717) is 10.7 Å². The lowest BCUT2D eigenvalue weighted by Crippen LogP contribution is -2.45. The SMILES string of the molecule is CC(C(=O)Nc1nc2scc(-c3ccc(F)cc3)n2n1)N1C(=O)c2ccccc2C1=O. The smallest absolute Gasteiger partial charge is 0.262 e. The number of halogens is 1. The highest BCUT2D eigenvalue weighted by atomic mass is 32.1. The van der Waals surface area contributed by atoms with E-state index in [4.69, 9.17) is 0 Å². The summed E-state index contributed by atoms with van der Waals surface area (Å²) < 4.78 is 14.7. The van der Waals surface area contributed by atoms with Gasteiger partial charge in [0, 0.05) is 10.9 Å². The van der Waals surface area contributed by atoms with Gasteiger partial charge in [0.05, 0.1) is 16.8 Å². The molecule has 10 heteroatoms. The molecule has 31 heavy (non-hydrogen) atoms. The molecule has 5 rings (SSSR count). The number of hydrogen-bond acceptors (Lipinski definition) is 6. The van der Waals surface area contributed by atoms with Gasteiger partial charge < -0.3 is 0 Å². The number of benzene rings is 2. The van der Waals surface area contributed by atoms with Crippen molar-refractivity contribution in [3.05, 3.63) is 70.9 Å². The molecule has 154 valence electrons. The number of carbonyl (C=O) groups is 3. The Bertz CT molecular complexity index is 1330. The van der Waals surface area contributed by atoms with E-state index in [1.165, 1.54) is 30.4 Å². The number of imide groups is 1. The molecular formula is C21H14FN5O3S. The van der Waals surface area contributed by atoms with Gasteiger partial charge in [-0.25, -0.2) is 8.91 Å². The van der Waals surface area contributed by atoms with Crippen LogP contribution in [0.4, 0.5) is 10.3 Å². The van der Waals surface area contributed by atoms with Crippen molar-refractivity contribution in [3.63, 3.8) is 0 Å². The molecule has 0 aliphatic carbocycles. The maximum absolute atomic E-state index is 13.2. The average Bonchev–Trinajstić information content (AvgIpc) is 3.41. The molecule has 0 bridgehead atoms. The maximum atomic E-state index is 13.2. The Balaban J connectivity index is 1.38. The second kappa shape index (κ2) is 7.10. The van der Waals surface area contributed by atoms with Crippen LogP contribution in [0.25, 0.3) is 16.2 Å². The quantitative estimate of drug-likeness (QED) is 0.497. The van der Waals surface area contributed by atoms with Gasteiger partial charge in [0.1, 0.15) is 11.9 Å². The molecule has 1 unspecified atom stereocenters. The average molecular weight is 435 g/mol. The minimum Gasteiger partial charge on any atom is -0.291 e. The molecule has 1 aliphatic heterocycles. The number of carbonyl (C=O) groups excluding carboxylic acids is 3. The van der Waals surface area contributed by atoms with Crippen LogP contribution >= 0.6 is 11.3 Å². The normalized spacial score (nSPS) is 14.2. The van der Waals surface area contributed by atoms with Crippen LogP contribution in [0.5, 0.6) is 0 Å². The standard InChI is InChI=1S/C21H14FN5O3S/c1-11(26-18(29)14-4-2-3-5-15(14)19(26)30)17(28)23-20-24-21-27(25-20)16(10-31-21)12-6-8-13(22)9-7-12/h2-11H,1H3,(H,23,25,28). The van der Waals surface area contributed by atoms with Crippen LogP contribution in [0, 0.1) is 5.82 Å². The lowest BCUT2D eigenvalue weighted by Gasteiger charge is -2.20. The minimum atomic E-state index is -1.05. The fourth-order valence-electron chi connectivity index (χ4n) is 3.44. The third kappa shape index (κ3) is 3.08. The van der Waals surface area contributed by atoms with Gasteiger partial charge in [-0.1, -0.05) is 12.1 Å². The summed E-state index contributed by atoms with van der Waals surface area (Å²) in [4.78, 5) is 43.7. The molecule has 0 fully saturated rings. The number of nitrogens with one attached hydrogen (secondary N) is 1. The highest BCUT2D eigenvalue weighted by molar-refractivity contribution is 7.15. The Labute approximate surface area is 178 Å². The molecule has 2 aromatic heterocycles. The Morgan fingerprint density at radius 3 is 2.35 bits per heavy atom. The van der Waals surface area contributed by atoms with Gasteiger partial charge >= 0.3 is 0 Å². The van der Waals surface area contributed by atoms with E-state index in [2.05, 4.69) is 15.4 Å². The first-order chi connectivity index (χ1) is 14.9. The van der Waals surface area contributed by atoms with Crippen LogP contribution in [0.3, 0.4) is 0 Å². The van der Waals surface area contributed by atoms with Gasteiger partial charge in [-0.3, -0.25) is 24.6 Å². The Kier molecular flexibility index (Phi) is 4.36. The van der Waals surface area contributed by atoms with Gasteiger partial charge in [-0.05, 0) is 43.3 Å². The lowest BCUT2D eigenvalue weighted by molar-refractivity contribution is -0.119. The third-order valence-electron chi connectivity index (χ3n) is 5.05. The number of nitrogens with zero attached hydrogens (tertiary/aromatic N) is 4. The van der Waals surface area contributed by atoms with Crippen molar-refractivity contribution >= 4 is 40.0 Å². The molecular weight excluding hydrogens is 421 g/mol. The molecule has 1 N–H and O–H groups in total. The summed E-state index contributed by atoms with van der Waals surface area (Å²) in [6, 6.07) is 11.3. The van der Waals surface area contributed by atoms with Gasteiger partial charge in [0.15, 0.2) is 0 Å². The number of anilines is 1. The molecule has 0 saturated heterocycles. The zero-order chi connectivity index (χ0) is 21.7. The highest BCUT2D eigenvalue weighted by Crippen LogP contribution is 2.27. The Hall–Kier alpha value is -3.92. The first-order valence-corrected chi connectivity index (χ1v) is 10.2. The molecule has 1 atom stereocenters. The minimum absolute atomic E-state index is 0.0451. The summed E-state index contributed by atoms with van der Waals surface area (Å²) in [5.41, 5.74) is 1.99. The fraction of sp³-hybridized carbons (Fsp3) is 0.0952. The van der Waals surface area contributed by atoms with E-state index in [1.807, 2.05) is 5.38 Å². The number of hydrogen-bond donors (Lipinski definition) is 1. The van der Waals surface area contributed by atoms with Gasteiger partial charge in [0.2, 0.25) is 10.9 Å². The largest absolute Gasteiger partial charge is 0.291 e. The van der Waals surface area contributed by atoms with Crippen LogP contribution in [0.1, 0.15) is 27.6 Å². The van der Waals surface area contributed by atoms with Gasteiger partial charge in [-0.2, -0.15) is 4.98 Å². The van der Waals surface area contributed by atoms with E-state index >= 15 is 0 Å². The number of thiazole rings is 1. The molecule has 3 heterocycles. The number of fused-ring (bicyclic) bond motifs is 2. The number of rotatable bonds is 4. The van der Waals surface area contributed by atoms with Crippen molar-refractivity contribution in [3.8, 4) is 11.3 Å². The van der Waals surface area contributed by atoms with E-state index in [-0.39, 0.29) is 22.9 Å². The van der Waals surface area contributed by atoms with E-state index in [0.717, 1.165) is 10.5 Å². The van der Waals surface area contributed by atoms with E-state index in [9.17, 15) is 18.8 Å². The molecule has 0 spiro atoms. The van der Waals surface area contributed by atoms with Crippen molar-refractivity contribution in [2.75, 3.05) is 5.32 Å². The molecule has 1 aliphatic rings. The van der Waals surface area contributed by atoms with Crippen LogP contribution in [0.15, 0.2) is 53.9 Å². The highest BCUT2D eigenvalue weighted by Gasteiger charge is 2.40. The van der Waals surface area contributed by atoms with Crippen LogP contribution in [-0.2, 0) is 4.79 Å². The monoisotopic (exact) mass is 435 g/mol. The van der Waals surface area contributed by atoms with Crippen molar-refractivity contribution in [1.82, 2.24) is 19.5 Å². The number of aromatic nitrogens is 3. The summed E-state index contributed by atoms with van der Waals surface area (Å²) in [6.45, 7) is 1.47. The molecule has 3 amide bonds. The first kappa shape index (κ1) is 19.1. The zero-order valence-electron chi connectivity index (χ0n) is 16.1. The molecule has 0 saturated carbocycles. The van der Waals surface area contributed by atoms with Crippen molar-refractivity contribution in [1.29, 1.82) is 0 Å². The lowest BCUT2D eigenvalue weighted by atomic mass is 10.1. The molecule has 2 aromatic carbocycles. The topological polar surface area (TPSA) is 96.7 Å². The zero-order valence-corrected chi connectivity index (χ0v) is 16.9. The number of amides is 3. The summed E-state index contributed by atoms with van der Waals surface area (Å²) in [6.07, 6.45) is 0. The predicted molar refractivity (Wildman–Crippen MR) is 111 cm³/mol. The van der Waals surface area contributed by atoms with E-state index < -0.39 is 23.8 Å². The van der Waals surface area contributed by atoms with Crippen molar-refractivity contribution in [2.24, 2.45) is 0 Å². The summed E-state index contributed by atoms with van der Waals surface area (Å²) in [5, 5.41) is 8.70. The summed E-state index contributed by atoms with van der Waals surface area (Å²) in [5.74, 6) is -1.91. The van der Waals surface area contributed by atoms with Crippen LogP contribution < -0.4 is 5.32 Å². The van der Waals surface area contributed by atoms with Crippen LogP contribution in [-0.4, -0.2) is 43.3 Å². The molecule has 4 aromatic rings. The summed E-state index contributed by atoms with van der Waals surface area (Å²) in [7, 11) is 0. The predicted octanol–water partition coefficient (Wildman–Crippen LogP) is 3.22. The maximum Gasteiger partial charge on any atom is 0.262 e. The van der Waals surface area contributed by atoms with E-state index in [1.54, 1.807) is 40.9 Å². The van der Waals surface area contributed by atoms with Crippen LogP contribution in [0.2, 0.25) is 0 Å². The fourth-order valence-corrected chi connectivity index (χ4v) is 4.28. The first-order valence-electron chi connectivity index (χ1n) is 9.32.